The Bertz CT molecular complexity index is 419. The zero-order valence-electron chi connectivity index (χ0n) is 12.0. The van der Waals surface area contributed by atoms with Crippen molar-refractivity contribution in [3.05, 3.63) is 39.4 Å². The normalized spacial score (nSPS) is 12.6. The second-order valence-corrected chi connectivity index (χ2v) is 6.29. The molecule has 0 atom stereocenters. The van der Waals surface area contributed by atoms with Crippen molar-refractivity contribution in [3.8, 4) is 0 Å². The van der Waals surface area contributed by atoms with Crippen LogP contribution in [0.2, 0.25) is 0 Å². The maximum absolute atomic E-state index is 3.64. The number of hydrogen-bond acceptors (Lipinski definition) is 1. The molecule has 0 aliphatic carbocycles. The average Bonchev–Trinajstić information content (AvgIpc) is 2.26. The molecule has 1 nitrogen and oxygen atoms in total. The highest BCUT2D eigenvalue weighted by Crippen LogP contribution is 2.23. The van der Waals surface area contributed by atoms with Crippen molar-refractivity contribution in [2.24, 2.45) is 5.92 Å². The lowest BCUT2D eigenvalue weighted by Crippen LogP contribution is -2.26. The van der Waals surface area contributed by atoms with Crippen LogP contribution in [0.5, 0.6) is 0 Å². The summed E-state index contributed by atoms with van der Waals surface area (Å²) in [6.45, 7) is 11.9. The Hall–Kier alpha value is -0.600. The van der Waals surface area contributed by atoms with E-state index in [0.717, 1.165) is 6.54 Å². The molecule has 0 fully saturated rings. The predicted octanol–water partition coefficient (Wildman–Crippen LogP) is 4.79. The number of aryl methyl sites for hydroxylation is 1. The van der Waals surface area contributed by atoms with Crippen molar-refractivity contribution in [3.63, 3.8) is 0 Å². The number of benzene rings is 1. The summed E-state index contributed by atoms with van der Waals surface area (Å²) in [5.74, 6) is 0.560. The SMILES string of the molecule is Cc1ccc(/C=C(/CNC(C)C)C(C)C)c(Br)c1. The van der Waals surface area contributed by atoms with Gasteiger partial charge in [-0.25, -0.2) is 0 Å². The first kappa shape index (κ1) is 15.5. The van der Waals surface area contributed by atoms with E-state index in [9.17, 15) is 0 Å². The Morgan fingerprint density at radius 3 is 2.44 bits per heavy atom. The van der Waals surface area contributed by atoms with Gasteiger partial charge >= 0.3 is 0 Å². The van der Waals surface area contributed by atoms with Gasteiger partial charge in [0.25, 0.3) is 0 Å². The van der Waals surface area contributed by atoms with Crippen LogP contribution in [0.4, 0.5) is 0 Å². The van der Waals surface area contributed by atoms with Crippen LogP contribution in [0.25, 0.3) is 6.08 Å². The minimum Gasteiger partial charge on any atom is -0.311 e. The Morgan fingerprint density at radius 1 is 1.28 bits per heavy atom. The predicted molar refractivity (Wildman–Crippen MR) is 84.8 cm³/mol. The van der Waals surface area contributed by atoms with Gasteiger partial charge in [0.15, 0.2) is 0 Å². The van der Waals surface area contributed by atoms with Gasteiger partial charge in [0.1, 0.15) is 0 Å². The third-order valence-electron chi connectivity index (χ3n) is 2.95. The van der Waals surface area contributed by atoms with Crippen LogP contribution in [0.15, 0.2) is 28.2 Å². The summed E-state index contributed by atoms with van der Waals surface area (Å²) in [7, 11) is 0. The number of hydrogen-bond donors (Lipinski definition) is 1. The lowest BCUT2D eigenvalue weighted by molar-refractivity contribution is 0.593. The molecule has 0 spiro atoms. The van der Waals surface area contributed by atoms with Crippen LogP contribution in [0.3, 0.4) is 0 Å². The second kappa shape index (κ2) is 7.10. The van der Waals surface area contributed by atoms with E-state index in [1.54, 1.807) is 0 Å². The van der Waals surface area contributed by atoms with Gasteiger partial charge in [0.05, 0.1) is 0 Å². The van der Waals surface area contributed by atoms with E-state index < -0.39 is 0 Å². The van der Waals surface area contributed by atoms with Gasteiger partial charge in [-0.1, -0.05) is 67.4 Å². The highest BCUT2D eigenvalue weighted by Gasteiger charge is 2.06. The molecule has 0 aliphatic heterocycles. The molecule has 1 N–H and O–H groups in total. The molecule has 0 bridgehead atoms. The van der Waals surface area contributed by atoms with Crippen molar-refractivity contribution >= 4 is 22.0 Å². The standard InChI is InChI=1S/C16H24BrN/c1-11(2)15(10-18-12(3)4)9-14-7-6-13(5)8-16(14)17/h6-9,11-12,18H,10H2,1-5H3/b15-9-. The van der Waals surface area contributed by atoms with Crippen LogP contribution in [0.1, 0.15) is 38.8 Å². The first-order valence-corrected chi connectivity index (χ1v) is 7.39. The first-order valence-electron chi connectivity index (χ1n) is 6.60. The van der Waals surface area contributed by atoms with E-state index in [1.807, 2.05) is 0 Å². The monoisotopic (exact) mass is 309 g/mol. The molecular formula is C16H24BrN. The van der Waals surface area contributed by atoms with E-state index in [2.05, 4.69) is 80.1 Å². The zero-order chi connectivity index (χ0) is 13.7. The molecule has 0 amide bonds. The summed E-state index contributed by atoms with van der Waals surface area (Å²) in [5, 5.41) is 3.49. The molecule has 0 heterocycles. The van der Waals surface area contributed by atoms with Gasteiger partial charge in [0, 0.05) is 17.1 Å². The Kier molecular flexibility index (Phi) is 6.10. The number of nitrogens with one attached hydrogen (secondary N) is 1. The van der Waals surface area contributed by atoms with Crippen LogP contribution < -0.4 is 5.32 Å². The molecule has 0 saturated carbocycles. The summed E-state index contributed by atoms with van der Waals surface area (Å²) in [5.41, 5.74) is 3.98. The van der Waals surface area contributed by atoms with Crippen molar-refractivity contribution in [1.29, 1.82) is 0 Å². The Balaban J connectivity index is 2.93. The van der Waals surface area contributed by atoms with Crippen LogP contribution >= 0.6 is 15.9 Å². The molecule has 0 radical (unpaired) electrons. The first-order chi connectivity index (χ1) is 8.40. The summed E-state index contributed by atoms with van der Waals surface area (Å²) in [4.78, 5) is 0. The molecule has 1 rings (SSSR count). The molecule has 0 aromatic heterocycles. The van der Waals surface area contributed by atoms with Crippen molar-refractivity contribution in [2.75, 3.05) is 6.54 Å². The minimum absolute atomic E-state index is 0.522. The quantitative estimate of drug-likeness (QED) is 0.824. The number of halogens is 1. The van der Waals surface area contributed by atoms with Gasteiger partial charge < -0.3 is 5.32 Å². The lowest BCUT2D eigenvalue weighted by Gasteiger charge is -2.15. The largest absolute Gasteiger partial charge is 0.311 e. The highest BCUT2D eigenvalue weighted by molar-refractivity contribution is 9.10. The maximum atomic E-state index is 3.64. The maximum Gasteiger partial charge on any atom is 0.0250 e. The minimum atomic E-state index is 0.522. The fraction of sp³-hybridized carbons (Fsp3) is 0.500. The number of rotatable bonds is 5. The third-order valence-corrected chi connectivity index (χ3v) is 3.64. The van der Waals surface area contributed by atoms with E-state index in [1.165, 1.54) is 21.2 Å². The fourth-order valence-electron chi connectivity index (χ4n) is 1.69. The van der Waals surface area contributed by atoms with Gasteiger partial charge in [-0.05, 0) is 30.0 Å². The molecule has 2 heteroatoms. The molecule has 1 aromatic rings. The van der Waals surface area contributed by atoms with E-state index in [0.29, 0.717) is 12.0 Å². The zero-order valence-corrected chi connectivity index (χ0v) is 13.6. The van der Waals surface area contributed by atoms with Gasteiger partial charge in [-0.2, -0.15) is 0 Å². The smallest absolute Gasteiger partial charge is 0.0250 e. The van der Waals surface area contributed by atoms with Crippen molar-refractivity contribution in [1.82, 2.24) is 5.32 Å². The molecule has 0 unspecified atom stereocenters. The van der Waals surface area contributed by atoms with Gasteiger partial charge in [-0.3, -0.25) is 0 Å². The molecule has 100 valence electrons. The third kappa shape index (κ3) is 4.95. The van der Waals surface area contributed by atoms with Crippen LogP contribution in [-0.2, 0) is 0 Å². The topological polar surface area (TPSA) is 12.0 Å². The summed E-state index contributed by atoms with van der Waals surface area (Å²) >= 11 is 3.64. The van der Waals surface area contributed by atoms with E-state index in [4.69, 9.17) is 0 Å². The van der Waals surface area contributed by atoms with Crippen LogP contribution in [0, 0.1) is 12.8 Å². The fourth-order valence-corrected chi connectivity index (χ4v) is 2.30. The van der Waals surface area contributed by atoms with Gasteiger partial charge in [0.2, 0.25) is 0 Å². The molecule has 1 aromatic carbocycles. The summed E-state index contributed by atoms with van der Waals surface area (Å²) in [6, 6.07) is 7.02. The van der Waals surface area contributed by atoms with E-state index in [-0.39, 0.29) is 0 Å². The summed E-state index contributed by atoms with van der Waals surface area (Å²) < 4.78 is 1.17. The summed E-state index contributed by atoms with van der Waals surface area (Å²) in [6.07, 6.45) is 2.30. The molecular weight excluding hydrogens is 286 g/mol. The Morgan fingerprint density at radius 2 is 1.94 bits per heavy atom. The molecule has 0 saturated heterocycles. The van der Waals surface area contributed by atoms with Crippen LogP contribution in [-0.4, -0.2) is 12.6 Å². The average molecular weight is 310 g/mol. The Labute approximate surface area is 120 Å². The second-order valence-electron chi connectivity index (χ2n) is 5.43. The molecule has 18 heavy (non-hydrogen) atoms. The molecule has 0 aliphatic rings. The highest BCUT2D eigenvalue weighted by atomic mass is 79.9. The van der Waals surface area contributed by atoms with Crippen molar-refractivity contribution < 1.29 is 0 Å². The lowest BCUT2D eigenvalue weighted by atomic mass is 9.99. The van der Waals surface area contributed by atoms with Crippen molar-refractivity contribution in [2.45, 2.75) is 40.7 Å². The van der Waals surface area contributed by atoms with Gasteiger partial charge in [-0.15, -0.1) is 0 Å². The van der Waals surface area contributed by atoms with E-state index >= 15 is 0 Å².